The highest BCUT2D eigenvalue weighted by atomic mass is 16.5. The van der Waals surface area contributed by atoms with E-state index in [1.807, 2.05) is 30.5 Å². The number of hydrogen-bond donors (Lipinski definition) is 1. The predicted octanol–water partition coefficient (Wildman–Crippen LogP) is 3.00. The first kappa shape index (κ1) is 13.4. The summed E-state index contributed by atoms with van der Waals surface area (Å²) in [5.41, 5.74) is 0. The molecule has 1 aromatic heterocycles. The van der Waals surface area contributed by atoms with Gasteiger partial charge in [0.05, 0.1) is 6.10 Å². The number of amides is 1. The SMILES string of the molecule is O=C(O)N1C[C@H]2C[C@@H](Oc3ccc4ccncc4c3)C[C@H]2C1. The number of carbonyl (C=O) groups is 1. The van der Waals surface area contributed by atoms with Crippen LogP contribution >= 0.6 is 0 Å². The summed E-state index contributed by atoms with van der Waals surface area (Å²) in [6.45, 7) is 1.31. The minimum Gasteiger partial charge on any atom is -0.490 e. The maximum absolute atomic E-state index is 11.0. The molecule has 0 spiro atoms. The molecule has 0 unspecified atom stereocenters. The molecule has 1 aliphatic carbocycles. The number of carboxylic acid groups (broad SMARTS) is 1. The fraction of sp³-hybridized carbons (Fsp3) is 0.412. The molecule has 1 saturated carbocycles. The average Bonchev–Trinajstić information content (AvgIpc) is 3.05. The minimum atomic E-state index is -0.797. The first-order valence-corrected chi connectivity index (χ1v) is 7.67. The lowest BCUT2D eigenvalue weighted by molar-refractivity contribution is 0.144. The van der Waals surface area contributed by atoms with Crippen LogP contribution in [-0.4, -0.2) is 40.3 Å². The predicted molar refractivity (Wildman–Crippen MR) is 82.0 cm³/mol. The van der Waals surface area contributed by atoms with Crippen LogP contribution in [0, 0.1) is 11.8 Å². The molecule has 1 N–H and O–H groups in total. The molecule has 2 aliphatic rings. The summed E-state index contributed by atoms with van der Waals surface area (Å²) in [5.74, 6) is 1.77. The van der Waals surface area contributed by atoms with E-state index in [-0.39, 0.29) is 6.10 Å². The van der Waals surface area contributed by atoms with Gasteiger partial charge in [0, 0.05) is 30.9 Å². The Morgan fingerprint density at radius 3 is 2.68 bits per heavy atom. The Labute approximate surface area is 128 Å². The monoisotopic (exact) mass is 298 g/mol. The van der Waals surface area contributed by atoms with E-state index in [1.165, 1.54) is 4.90 Å². The molecule has 2 heterocycles. The van der Waals surface area contributed by atoms with Crippen molar-refractivity contribution in [3.8, 4) is 5.75 Å². The third-order valence-electron chi connectivity index (χ3n) is 4.89. The van der Waals surface area contributed by atoms with Crippen LogP contribution in [0.5, 0.6) is 5.75 Å². The van der Waals surface area contributed by atoms with E-state index in [9.17, 15) is 4.79 Å². The Balaban J connectivity index is 1.43. The van der Waals surface area contributed by atoms with Crippen LogP contribution in [0.3, 0.4) is 0 Å². The van der Waals surface area contributed by atoms with Gasteiger partial charge < -0.3 is 14.7 Å². The van der Waals surface area contributed by atoms with Crippen molar-refractivity contribution in [2.75, 3.05) is 13.1 Å². The van der Waals surface area contributed by atoms with Gasteiger partial charge >= 0.3 is 6.09 Å². The van der Waals surface area contributed by atoms with E-state index >= 15 is 0 Å². The quantitative estimate of drug-likeness (QED) is 0.925. The lowest BCUT2D eigenvalue weighted by Crippen LogP contribution is -2.29. The summed E-state index contributed by atoms with van der Waals surface area (Å²) in [7, 11) is 0. The van der Waals surface area contributed by atoms with E-state index in [0.29, 0.717) is 24.9 Å². The molecule has 1 saturated heterocycles. The number of benzene rings is 1. The van der Waals surface area contributed by atoms with Gasteiger partial charge in [-0.3, -0.25) is 4.98 Å². The first-order valence-electron chi connectivity index (χ1n) is 7.67. The van der Waals surface area contributed by atoms with Crippen molar-refractivity contribution in [3.63, 3.8) is 0 Å². The molecule has 5 heteroatoms. The summed E-state index contributed by atoms with van der Waals surface area (Å²) in [6.07, 6.45) is 4.92. The molecule has 2 fully saturated rings. The zero-order valence-electron chi connectivity index (χ0n) is 12.2. The largest absolute Gasteiger partial charge is 0.490 e. The van der Waals surface area contributed by atoms with Crippen molar-refractivity contribution in [2.45, 2.75) is 18.9 Å². The fourth-order valence-electron chi connectivity index (χ4n) is 3.83. The van der Waals surface area contributed by atoms with Gasteiger partial charge in [-0.15, -0.1) is 0 Å². The molecule has 1 amide bonds. The first-order chi connectivity index (χ1) is 10.7. The van der Waals surface area contributed by atoms with Crippen LogP contribution in [0.4, 0.5) is 4.79 Å². The van der Waals surface area contributed by atoms with Crippen molar-refractivity contribution in [1.29, 1.82) is 0 Å². The van der Waals surface area contributed by atoms with Gasteiger partial charge in [-0.1, -0.05) is 6.07 Å². The van der Waals surface area contributed by atoms with Crippen LogP contribution in [0.1, 0.15) is 12.8 Å². The average molecular weight is 298 g/mol. The Morgan fingerprint density at radius 2 is 1.95 bits per heavy atom. The summed E-state index contributed by atoms with van der Waals surface area (Å²) in [5, 5.41) is 11.3. The third kappa shape index (κ3) is 2.36. The molecule has 22 heavy (non-hydrogen) atoms. The molecule has 0 bridgehead atoms. The molecule has 4 rings (SSSR count). The summed E-state index contributed by atoms with van der Waals surface area (Å²) in [6, 6.07) is 8.06. The second kappa shape index (κ2) is 5.16. The zero-order chi connectivity index (χ0) is 15.1. The lowest BCUT2D eigenvalue weighted by Gasteiger charge is -2.18. The summed E-state index contributed by atoms with van der Waals surface area (Å²) < 4.78 is 6.12. The number of aromatic nitrogens is 1. The molecule has 2 aromatic rings. The smallest absolute Gasteiger partial charge is 0.407 e. The summed E-state index contributed by atoms with van der Waals surface area (Å²) >= 11 is 0. The number of fused-ring (bicyclic) bond motifs is 2. The van der Waals surface area contributed by atoms with Crippen molar-refractivity contribution in [1.82, 2.24) is 9.88 Å². The van der Waals surface area contributed by atoms with Crippen molar-refractivity contribution < 1.29 is 14.6 Å². The maximum atomic E-state index is 11.0. The van der Waals surface area contributed by atoms with E-state index in [4.69, 9.17) is 9.84 Å². The van der Waals surface area contributed by atoms with Gasteiger partial charge in [-0.05, 0) is 48.3 Å². The van der Waals surface area contributed by atoms with Crippen LogP contribution in [0.15, 0.2) is 36.7 Å². The standard InChI is InChI=1S/C17H18N2O3/c20-17(21)19-9-13-6-16(7-14(13)10-19)22-15-2-1-11-3-4-18-8-12(11)5-15/h1-5,8,13-14,16H,6-7,9-10H2,(H,20,21)/t13-,14+,16-. The van der Waals surface area contributed by atoms with E-state index < -0.39 is 6.09 Å². The van der Waals surface area contributed by atoms with Gasteiger partial charge in [-0.2, -0.15) is 0 Å². The normalized spacial score (nSPS) is 27.1. The zero-order valence-corrected chi connectivity index (χ0v) is 12.2. The molecular formula is C17H18N2O3. The molecule has 114 valence electrons. The van der Waals surface area contributed by atoms with Crippen molar-refractivity contribution in [3.05, 3.63) is 36.7 Å². The lowest BCUT2D eigenvalue weighted by atomic mass is 10.0. The molecule has 0 radical (unpaired) electrons. The van der Waals surface area contributed by atoms with E-state index in [2.05, 4.69) is 4.98 Å². The van der Waals surface area contributed by atoms with Gasteiger partial charge in [-0.25, -0.2) is 4.79 Å². The van der Waals surface area contributed by atoms with Crippen LogP contribution in [0.2, 0.25) is 0 Å². The number of ether oxygens (including phenoxy) is 1. The van der Waals surface area contributed by atoms with Crippen LogP contribution in [0.25, 0.3) is 10.8 Å². The molecule has 1 aromatic carbocycles. The highest BCUT2D eigenvalue weighted by Crippen LogP contribution is 2.40. The Hall–Kier alpha value is -2.30. The Bertz CT molecular complexity index is 704. The minimum absolute atomic E-state index is 0.195. The van der Waals surface area contributed by atoms with Gasteiger partial charge in [0.2, 0.25) is 0 Å². The third-order valence-corrected chi connectivity index (χ3v) is 4.89. The van der Waals surface area contributed by atoms with Crippen molar-refractivity contribution in [2.24, 2.45) is 11.8 Å². The molecule has 5 nitrogen and oxygen atoms in total. The Morgan fingerprint density at radius 1 is 1.18 bits per heavy atom. The van der Waals surface area contributed by atoms with Gasteiger partial charge in [0.25, 0.3) is 0 Å². The van der Waals surface area contributed by atoms with Gasteiger partial charge in [0.15, 0.2) is 0 Å². The number of likely N-dealkylation sites (tertiary alicyclic amines) is 1. The maximum Gasteiger partial charge on any atom is 0.407 e. The Kier molecular flexibility index (Phi) is 3.13. The summed E-state index contributed by atoms with van der Waals surface area (Å²) in [4.78, 5) is 16.7. The fourth-order valence-corrected chi connectivity index (χ4v) is 3.83. The second-order valence-electron chi connectivity index (χ2n) is 6.30. The highest BCUT2D eigenvalue weighted by molar-refractivity contribution is 5.82. The number of nitrogens with zero attached hydrogens (tertiary/aromatic N) is 2. The van der Waals surface area contributed by atoms with E-state index in [0.717, 1.165) is 29.4 Å². The van der Waals surface area contributed by atoms with Crippen LogP contribution < -0.4 is 4.74 Å². The highest BCUT2D eigenvalue weighted by Gasteiger charge is 2.43. The number of hydrogen-bond acceptors (Lipinski definition) is 3. The van der Waals surface area contributed by atoms with Crippen LogP contribution in [-0.2, 0) is 0 Å². The second-order valence-corrected chi connectivity index (χ2v) is 6.30. The van der Waals surface area contributed by atoms with E-state index in [1.54, 1.807) is 6.20 Å². The molecule has 1 aliphatic heterocycles. The van der Waals surface area contributed by atoms with Crippen molar-refractivity contribution >= 4 is 16.9 Å². The number of rotatable bonds is 2. The topological polar surface area (TPSA) is 62.7 Å². The molecule has 3 atom stereocenters. The van der Waals surface area contributed by atoms with Gasteiger partial charge in [0.1, 0.15) is 5.75 Å². The molecular weight excluding hydrogens is 280 g/mol. The number of pyridine rings is 1.